The van der Waals surface area contributed by atoms with Crippen molar-refractivity contribution in [1.29, 1.82) is 0 Å². The summed E-state index contributed by atoms with van der Waals surface area (Å²) in [5.41, 5.74) is -0.0373. The van der Waals surface area contributed by atoms with Gasteiger partial charge < -0.3 is 15.2 Å². The highest BCUT2D eigenvalue weighted by Gasteiger charge is 2.32. The number of hydrogen-bond donors (Lipinski definition) is 2. The maximum Gasteiger partial charge on any atom is 0.416 e. The second-order valence-electron chi connectivity index (χ2n) is 7.70. The van der Waals surface area contributed by atoms with E-state index in [-0.39, 0.29) is 29.7 Å². The zero-order chi connectivity index (χ0) is 25.6. The van der Waals surface area contributed by atoms with Crippen LogP contribution in [0.5, 0.6) is 11.5 Å². The summed E-state index contributed by atoms with van der Waals surface area (Å²) in [5.74, 6) is -0.288. The average Bonchev–Trinajstić information content (AvgIpc) is 3.06. The van der Waals surface area contributed by atoms with Crippen LogP contribution in [0.2, 0.25) is 0 Å². The summed E-state index contributed by atoms with van der Waals surface area (Å²) >= 11 is 6.52. The lowest BCUT2D eigenvalue weighted by atomic mass is 10.1. The largest absolute Gasteiger partial charge is 0.504 e. The Balaban J connectivity index is 1.45. The first-order valence-electron chi connectivity index (χ1n) is 10.7. The zero-order valence-electron chi connectivity index (χ0n) is 18.7. The molecule has 2 aromatic carbocycles. The van der Waals surface area contributed by atoms with Crippen LogP contribution in [0, 0.1) is 0 Å². The van der Waals surface area contributed by atoms with Crippen LogP contribution in [0.1, 0.15) is 36.8 Å². The maximum absolute atomic E-state index is 12.8. The Kier molecular flexibility index (Phi) is 8.79. The molecule has 0 radical (unpaired) electrons. The number of nitrogens with one attached hydrogen (secondary N) is 1. The van der Waals surface area contributed by atoms with Gasteiger partial charge in [0.25, 0.3) is 5.91 Å². The molecule has 1 heterocycles. The summed E-state index contributed by atoms with van der Waals surface area (Å²) in [4.78, 5) is 26.8. The molecule has 1 fully saturated rings. The van der Waals surface area contributed by atoms with E-state index in [1.165, 1.54) is 42.0 Å². The smallest absolute Gasteiger partial charge is 0.416 e. The Morgan fingerprint density at radius 1 is 1.20 bits per heavy atom. The second-order valence-corrected chi connectivity index (χ2v) is 9.38. The Labute approximate surface area is 210 Å². The van der Waals surface area contributed by atoms with Crippen LogP contribution in [0.15, 0.2) is 47.4 Å². The number of ether oxygens (including phenoxy) is 1. The van der Waals surface area contributed by atoms with Crippen LogP contribution in [0.4, 0.5) is 18.9 Å². The summed E-state index contributed by atoms with van der Waals surface area (Å²) < 4.78 is 43.9. The van der Waals surface area contributed by atoms with E-state index in [0.717, 1.165) is 12.1 Å². The van der Waals surface area contributed by atoms with Crippen LogP contribution in [-0.4, -0.2) is 39.8 Å². The van der Waals surface area contributed by atoms with Crippen molar-refractivity contribution in [2.24, 2.45) is 0 Å². The third kappa shape index (κ3) is 7.22. The van der Waals surface area contributed by atoms with Gasteiger partial charge in [-0.2, -0.15) is 13.2 Å². The SMILES string of the molecule is COc1cc(/C=C2\SC(=S)N(CCCCCC(=O)Nc3cccc(C(F)(F)F)c3)C2=O)ccc1O. The van der Waals surface area contributed by atoms with Gasteiger partial charge in [-0.25, -0.2) is 0 Å². The van der Waals surface area contributed by atoms with Crippen LogP contribution < -0.4 is 10.1 Å². The lowest BCUT2D eigenvalue weighted by Gasteiger charge is -2.14. The average molecular weight is 525 g/mol. The van der Waals surface area contributed by atoms with Crippen molar-refractivity contribution in [2.75, 3.05) is 19.0 Å². The highest BCUT2D eigenvalue weighted by molar-refractivity contribution is 8.26. The van der Waals surface area contributed by atoms with Gasteiger partial charge in [0.05, 0.1) is 17.6 Å². The number of halogens is 3. The normalized spacial score (nSPS) is 15.1. The standard InChI is InChI=1S/C24H23F3N2O4S2/c1-33-19-12-15(9-10-18(19)30)13-20-22(32)29(23(34)35-20)11-4-2-3-8-21(31)28-17-7-5-6-16(14-17)24(25,26)27/h5-7,9-10,12-14,30H,2-4,8,11H2,1H3,(H,28,31)/b20-13-. The quantitative estimate of drug-likeness (QED) is 0.245. The molecule has 1 aliphatic rings. The first-order chi connectivity index (χ1) is 16.6. The maximum atomic E-state index is 12.8. The number of alkyl halides is 3. The Morgan fingerprint density at radius 2 is 1.97 bits per heavy atom. The molecular weight excluding hydrogens is 501 g/mol. The van der Waals surface area contributed by atoms with Crippen LogP contribution >= 0.6 is 24.0 Å². The lowest BCUT2D eigenvalue weighted by molar-refractivity contribution is -0.137. The number of thioether (sulfide) groups is 1. The number of phenolic OH excluding ortho intramolecular Hbond substituents is 1. The number of carbonyl (C=O) groups excluding carboxylic acids is 2. The van der Waals surface area contributed by atoms with Gasteiger partial charge in [0.1, 0.15) is 4.32 Å². The lowest BCUT2D eigenvalue weighted by Crippen LogP contribution is -2.29. The van der Waals surface area contributed by atoms with Gasteiger partial charge >= 0.3 is 6.18 Å². The molecule has 0 unspecified atom stereocenters. The Bertz CT molecular complexity index is 1150. The number of rotatable bonds is 9. The third-order valence-electron chi connectivity index (χ3n) is 5.13. The van der Waals surface area contributed by atoms with Crippen molar-refractivity contribution in [3.63, 3.8) is 0 Å². The van der Waals surface area contributed by atoms with Crippen molar-refractivity contribution >= 4 is 51.9 Å². The van der Waals surface area contributed by atoms with Crippen molar-refractivity contribution < 1.29 is 32.6 Å². The second kappa shape index (κ2) is 11.6. The number of anilines is 1. The first kappa shape index (κ1) is 26.6. The van der Waals surface area contributed by atoms with E-state index in [1.54, 1.807) is 18.2 Å². The molecular formula is C24H23F3N2O4S2. The van der Waals surface area contributed by atoms with E-state index in [0.29, 0.717) is 46.3 Å². The summed E-state index contributed by atoms with van der Waals surface area (Å²) in [6, 6.07) is 9.25. The zero-order valence-corrected chi connectivity index (χ0v) is 20.4. The Hall–Kier alpha value is -3.05. The van der Waals surface area contributed by atoms with Crippen molar-refractivity contribution in [2.45, 2.75) is 31.9 Å². The summed E-state index contributed by atoms with van der Waals surface area (Å²) in [6.07, 6.45) is -0.872. The van der Waals surface area contributed by atoms with Gasteiger partial charge in [-0.05, 0) is 54.8 Å². The number of unbranched alkanes of at least 4 members (excludes halogenated alkanes) is 2. The fourth-order valence-corrected chi connectivity index (χ4v) is 4.67. The first-order valence-corrected chi connectivity index (χ1v) is 11.9. The number of amides is 2. The summed E-state index contributed by atoms with van der Waals surface area (Å²) in [7, 11) is 1.44. The minimum Gasteiger partial charge on any atom is -0.504 e. The van der Waals surface area contributed by atoms with E-state index in [4.69, 9.17) is 17.0 Å². The number of nitrogens with zero attached hydrogens (tertiary/aromatic N) is 1. The third-order valence-corrected chi connectivity index (χ3v) is 6.51. The summed E-state index contributed by atoms with van der Waals surface area (Å²) in [6.45, 7) is 0.399. The van der Waals surface area contributed by atoms with E-state index < -0.39 is 11.7 Å². The van der Waals surface area contributed by atoms with Gasteiger partial charge in [-0.15, -0.1) is 0 Å². The van der Waals surface area contributed by atoms with Crippen molar-refractivity contribution in [3.8, 4) is 11.5 Å². The number of carbonyl (C=O) groups is 2. The molecule has 35 heavy (non-hydrogen) atoms. The van der Waals surface area contributed by atoms with Crippen LogP contribution in [0.25, 0.3) is 6.08 Å². The molecule has 0 aromatic heterocycles. The highest BCUT2D eigenvalue weighted by Crippen LogP contribution is 2.35. The predicted octanol–water partition coefficient (Wildman–Crippen LogP) is 5.82. The number of hydrogen-bond acceptors (Lipinski definition) is 6. The molecule has 0 atom stereocenters. The summed E-state index contributed by atoms with van der Waals surface area (Å²) in [5, 5.41) is 12.2. The van der Waals surface area contributed by atoms with Gasteiger partial charge in [0.2, 0.25) is 5.91 Å². The van der Waals surface area contributed by atoms with Crippen molar-refractivity contribution in [3.05, 3.63) is 58.5 Å². The number of benzene rings is 2. The van der Waals surface area contributed by atoms with Crippen LogP contribution in [-0.2, 0) is 15.8 Å². The molecule has 0 bridgehead atoms. The Morgan fingerprint density at radius 3 is 2.69 bits per heavy atom. The molecule has 0 aliphatic carbocycles. The molecule has 2 aromatic rings. The number of aromatic hydroxyl groups is 1. The number of thiocarbonyl (C=S) groups is 1. The van der Waals surface area contributed by atoms with Gasteiger partial charge in [0, 0.05) is 18.7 Å². The van der Waals surface area contributed by atoms with E-state index in [2.05, 4.69) is 5.32 Å². The minimum atomic E-state index is -4.47. The van der Waals surface area contributed by atoms with Gasteiger partial charge in [0.15, 0.2) is 11.5 Å². The fraction of sp³-hybridized carbons (Fsp3) is 0.292. The van der Waals surface area contributed by atoms with E-state index in [1.807, 2.05) is 0 Å². The molecule has 11 heteroatoms. The van der Waals surface area contributed by atoms with Crippen molar-refractivity contribution in [1.82, 2.24) is 4.90 Å². The van der Waals surface area contributed by atoms with E-state index >= 15 is 0 Å². The van der Waals surface area contributed by atoms with Gasteiger partial charge in [-0.3, -0.25) is 14.5 Å². The molecule has 2 N–H and O–H groups in total. The van der Waals surface area contributed by atoms with Crippen LogP contribution in [0.3, 0.4) is 0 Å². The number of phenols is 1. The predicted molar refractivity (Wildman–Crippen MR) is 133 cm³/mol. The van der Waals surface area contributed by atoms with Gasteiger partial charge in [-0.1, -0.05) is 42.5 Å². The fourth-order valence-electron chi connectivity index (χ4n) is 3.36. The molecule has 0 spiro atoms. The monoisotopic (exact) mass is 524 g/mol. The molecule has 3 rings (SSSR count). The van der Waals surface area contributed by atoms with E-state index in [9.17, 15) is 27.9 Å². The minimum absolute atomic E-state index is 0.000654. The highest BCUT2D eigenvalue weighted by atomic mass is 32.2. The molecule has 2 amide bonds. The molecule has 0 saturated carbocycles. The number of methoxy groups -OCH3 is 1. The molecule has 1 aliphatic heterocycles. The molecule has 186 valence electrons. The molecule has 1 saturated heterocycles. The molecule has 6 nitrogen and oxygen atoms in total. The topological polar surface area (TPSA) is 78.9 Å².